The number of carbonyl (C=O) groups is 1. The van der Waals surface area contributed by atoms with Gasteiger partial charge in [0.25, 0.3) is 5.91 Å². The molecule has 0 aliphatic rings. The first-order valence-corrected chi connectivity index (χ1v) is 7.93. The number of nitrogen functional groups attached to an aromatic ring is 1. The van der Waals surface area contributed by atoms with Crippen LogP contribution in [0.2, 0.25) is 0 Å². The number of rotatable bonds is 6. The monoisotopic (exact) mass is 285 g/mol. The SMILES string of the molecule is Cc1ccc(C(=O)NCCCS(C)(=O)=O)c(NN)c1. The van der Waals surface area contributed by atoms with Crippen LogP contribution in [0, 0.1) is 6.92 Å². The molecule has 106 valence electrons. The Labute approximate surface area is 113 Å². The summed E-state index contributed by atoms with van der Waals surface area (Å²) < 4.78 is 21.9. The van der Waals surface area contributed by atoms with Crippen molar-refractivity contribution in [3.63, 3.8) is 0 Å². The van der Waals surface area contributed by atoms with Crippen LogP contribution in [0.5, 0.6) is 0 Å². The Morgan fingerprint density at radius 3 is 2.63 bits per heavy atom. The number of benzene rings is 1. The summed E-state index contributed by atoms with van der Waals surface area (Å²) in [4.78, 5) is 11.9. The first-order chi connectivity index (χ1) is 8.83. The number of amides is 1. The Morgan fingerprint density at radius 1 is 1.37 bits per heavy atom. The van der Waals surface area contributed by atoms with Crippen molar-refractivity contribution in [1.29, 1.82) is 0 Å². The van der Waals surface area contributed by atoms with E-state index < -0.39 is 9.84 Å². The molecule has 0 bridgehead atoms. The summed E-state index contributed by atoms with van der Waals surface area (Å²) in [6, 6.07) is 5.26. The summed E-state index contributed by atoms with van der Waals surface area (Å²) in [7, 11) is -2.99. The van der Waals surface area contributed by atoms with E-state index in [2.05, 4.69) is 10.7 Å². The van der Waals surface area contributed by atoms with E-state index in [4.69, 9.17) is 5.84 Å². The minimum atomic E-state index is -2.99. The first kappa shape index (κ1) is 15.5. The van der Waals surface area contributed by atoms with E-state index in [0.29, 0.717) is 24.2 Å². The highest BCUT2D eigenvalue weighted by Crippen LogP contribution is 2.16. The summed E-state index contributed by atoms with van der Waals surface area (Å²) in [6.07, 6.45) is 1.56. The Bertz CT molecular complexity index is 555. The van der Waals surface area contributed by atoms with E-state index in [9.17, 15) is 13.2 Å². The van der Waals surface area contributed by atoms with Gasteiger partial charge in [0.05, 0.1) is 17.0 Å². The van der Waals surface area contributed by atoms with Crippen molar-refractivity contribution in [2.24, 2.45) is 5.84 Å². The number of anilines is 1. The molecule has 0 unspecified atom stereocenters. The van der Waals surface area contributed by atoms with Crippen molar-refractivity contribution < 1.29 is 13.2 Å². The second kappa shape index (κ2) is 6.53. The molecular formula is C12H19N3O3S. The van der Waals surface area contributed by atoms with E-state index in [1.165, 1.54) is 6.26 Å². The van der Waals surface area contributed by atoms with Gasteiger partial charge in [-0.25, -0.2) is 8.42 Å². The van der Waals surface area contributed by atoms with E-state index >= 15 is 0 Å². The fourth-order valence-electron chi connectivity index (χ4n) is 1.61. The summed E-state index contributed by atoms with van der Waals surface area (Å²) in [5, 5.41) is 2.67. The third-order valence-corrected chi connectivity index (χ3v) is 3.58. The predicted molar refractivity (Wildman–Crippen MR) is 75.7 cm³/mol. The molecule has 0 atom stereocenters. The molecule has 0 radical (unpaired) electrons. The summed E-state index contributed by atoms with van der Waals surface area (Å²) in [6.45, 7) is 2.21. The zero-order valence-corrected chi connectivity index (χ0v) is 11.9. The Kier molecular flexibility index (Phi) is 5.31. The molecule has 0 aromatic heterocycles. The fourth-order valence-corrected chi connectivity index (χ4v) is 2.28. The van der Waals surface area contributed by atoms with Crippen molar-refractivity contribution in [3.8, 4) is 0 Å². The van der Waals surface area contributed by atoms with Gasteiger partial charge < -0.3 is 10.7 Å². The number of sulfone groups is 1. The molecule has 0 aliphatic carbocycles. The highest BCUT2D eigenvalue weighted by atomic mass is 32.2. The van der Waals surface area contributed by atoms with Crippen LogP contribution in [-0.2, 0) is 9.84 Å². The van der Waals surface area contributed by atoms with Gasteiger partial charge in [0.15, 0.2) is 0 Å². The molecule has 1 aromatic carbocycles. The van der Waals surface area contributed by atoms with Crippen molar-refractivity contribution in [2.45, 2.75) is 13.3 Å². The molecule has 4 N–H and O–H groups in total. The maximum atomic E-state index is 11.9. The number of nitrogens with two attached hydrogens (primary N) is 1. The van der Waals surface area contributed by atoms with Gasteiger partial charge in [-0.05, 0) is 31.0 Å². The minimum absolute atomic E-state index is 0.0587. The van der Waals surface area contributed by atoms with Crippen LogP contribution in [0.15, 0.2) is 18.2 Å². The molecule has 1 amide bonds. The standard InChI is InChI=1S/C12H19N3O3S/c1-9-4-5-10(11(8-9)15-13)12(16)14-6-3-7-19(2,17)18/h4-5,8,15H,3,6-7,13H2,1-2H3,(H,14,16). The van der Waals surface area contributed by atoms with Gasteiger partial charge >= 0.3 is 0 Å². The Hall–Kier alpha value is -1.60. The van der Waals surface area contributed by atoms with E-state index in [0.717, 1.165) is 5.56 Å². The van der Waals surface area contributed by atoms with Gasteiger partial charge in [0.2, 0.25) is 0 Å². The molecule has 1 aromatic rings. The number of hydrogen-bond acceptors (Lipinski definition) is 5. The molecule has 6 nitrogen and oxygen atoms in total. The number of nitrogens with one attached hydrogen (secondary N) is 2. The molecule has 0 aliphatic heterocycles. The minimum Gasteiger partial charge on any atom is -0.352 e. The largest absolute Gasteiger partial charge is 0.352 e. The summed E-state index contributed by atoms with van der Waals surface area (Å²) in [5.41, 5.74) is 4.44. The molecule has 0 saturated carbocycles. The molecule has 0 heterocycles. The second-order valence-electron chi connectivity index (χ2n) is 4.43. The van der Waals surface area contributed by atoms with Crippen LogP contribution in [0.25, 0.3) is 0 Å². The fraction of sp³-hybridized carbons (Fsp3) is 0.417. The predicted octanol–water partition coefficient (Wildman–Crippen LogP) is 0.445. The third-order valence-electron chi connectivity index (χ3n) is 2.55. The summed E-state index contributed by atoms with van der Waals surface area (Å²) >= 11 is 0. The van der Waals surface area contributed by atoms with Gasteiger partial charge in [-0.15, -0.1) is 0 Å². The lowest BCUT2D eigenvalue weighted by Gasteiger charge is -2.10. The van der Waals surface area contributed by atoms with Gasteiger partial charge in [0, 0.05) is 12.8 Å². The average molecular weight is 285 g/mol. The topological polar surface area (TPSA) is 101 Å². The Balaban J connectivity index is 2.59. The van der Waals surface area contributed by atoms with Crippen LogP contribution in [-0.4, -0.2) is 32.9 Å². The zero-order chi connectivity index (χ0) is 14.5. The normalized spacial score (nSPS) is 11.1. The molecular weight excluding hydrogens is 266 g/mol. The number of carbonyl (C=O) groups excluding carboxylic acids is 1. The van der Waals surface area contributed by atoms with Gasteiger partial charge in [-0.3, -0.25) is 10.6 Å². The van der Waals surface area contributed by atoms with Gasteiger partial charge in [-0.1, -0.05) is 6.07 Å². The highest BCUT2D eigenvalue weighted by molar-refractivity contribution is 7.90. The van der Waals surface area contributed by atoms with Crippen LogP contribution < -0.4 is 16.6 Å². The molecule has 1 rings (SSSR count). The van der Waals surface area contributed by atoms with E-state index in [1.54, 1.807) is 12.1 Å². The molecule has 0 spiro atoms. The second-order valence-corrected chi connectivity index (χ2v) is 6.69. The highest BCUT2D eigenvalue weighted by Gasteiger charge is 2.10. The lowest BCUT2D eigenvalue weighted by Crippen LogP contribution is -2.27. The van der Waals surface area contributed by atoms with Crippen LogP contribution in [0.1, 0.15) is 22.3 Å². The van der Waals surface area contributed by atoms with Gasteiger partial charge in [-0.2, -0.15) is 0 Å². The molecule has 19 heavy (non-hydrogen) atoms. The smallest absolute Gasteiger partial charge is 0.253 e. The molecule has 0 fully saturated rings. The number of hydrogen-bond donors (Lipinski definition) is 3. The van der Waals surface area contributed by atoms with Crippen LogP contribution in [0.4, 0.5) is 5.69 Å². The maximum absolute atomic E-state index is 11.9. The van der Waals surface area contributed by atoms with Crippen molar-refractivity contribution >= 4 is 21.4 Å². The third kappa shape index (κ3) is 5.27. The van der Waals surface area contributed by atoms with Gasteiger partial charge in [0.1, 0.15) is 9.84 Å². The van der Waals surface area contributed by atoms with E-state index in [-0.39, 0.29) is 11.7 Å². The van der Waals surface area contributed by atoms with Crippen molar-refractivity contribution in [3.05, 3.63) is 29.3 Å². The molecule has 7 heteroatoms. The molecule has 0 saturated heterocycles. The quantitative estimate of drug-likeness (QED) is 0.400. The number of aryl methyl sites for hydroxylation is 1. The Morgan fingerprint density at radius 2 is 2.05 bits per heavy atom. The van der Waals surface area contributed by atoms with Crippen LogP contribution in [0.3, 0.4) is 0 Å². The lowest BCUT2D eigenvalue weighted by atomic mass is 10.1. The number of hydrazine groups is 1. The first-order valence-electron chi connectivity index (χ1n) is 5.86. The lowest BCUT2D eigenvalue weighted by molar-refractivity contribution is 0.0954. The van der Waals surface area contributed by atoms with Crippen LogP contribution >= 0.6 is 0 Å². The maximum Gasteiger partial charge on any atom is 0.253 e. The van der Waals surface area contributed by atoms with E-state index in [1.807, 2.05) is 13.0 Å². The summed E-state index contributed by atoms with van der Waals surface area (Å²) in [5.74, 6) is 5.14. The van der Waals surface area contributed by atoms with Crippen molar-refractivity contribution in [2.75, 3.05) is 24.0 Å². The van der Waals surface area contributed by atoms with Crippen molar-refractivity contribution in [1.82, 2.24) is 5.32 Å². The zero-order valence-electron chi connectivity index (χ0n) is 11.1. The average Bonchev–Trinajstić information content (AvgIpc) is 2.33.